The summed E-state index contributed by atoms with van der Waals surface area (Å²) < 4.78 is 3.11. The summed E-state index contributed by atoms with van der Waals surface area (Å²) in [4.78, 5) is 65.4. The molecule has 6 rings (SSSR count). The molecule has 4 aromatic carbocycles. The van der Waals surface area contributed by atoms with Crippen molar-refractivity contribution >= 4 is 106 Å². The van der Waals surface area contributed by atoms with Crippen LogP contribution in [0.25, 0.3) is 0 Å². The fraction of sp³-hybridized carbons (Fsp3) is 0.190. The fourth-order valence-corrected chi connectivity index (χ4v) is 10.2. The van der Waals surface area contributed by atoms with Gasteiger partial charge in [0, 0.05) is 51.2 Å². The van der Waals surface area contributed by atoms with Crippen LogP contribution in [0.3, 0.4) is 0 Å². The van der Waals surface area contributed by atoms with E-state index in [0.29, 0.717) is 23.0 Å². The van der Waals surface area contributed by atoms with E-state index in [1.165, 1.54) is 104 Å². The van der Waals surface area contributed by atoms with Crippen molar-refractivity contribution < 1.29 is 88.1 Å². The van der Waals surface area contributed by atoms with E-state index in [2.05, 4.69) is 20.4 Å². The first-order chi connectivity index (χ1) is 30.6. The van der Waals surface area contributed by atoms with Gasteiger partial charge in [-0.2, -0.15) is 0 Å². The number of nitrogens with zero attached hydrogens (tertiary/aromatic N) is 6. The van der Waals surface area contributed by atoms with Gasteiger partial charge in [-0.3, -0.25) is 9.59 Å². The van der Waals surface area contributed by atoms with Crippen LogP contribution in [0.15, 0.2) is 114 Å². The molecule has 0 saturated heterocycles. The van der Waals surface area contributed by atoms with Gasteiger partial charge in [-0.1, -0.05) is 143 Å². The van der Waals surface area contributed by atoms with Crippen LogP contribution in [-0.4, -0.2) is 95.1 Å². The van der Waals surface area contributed by atoms with Crippen LogP contribution in [0.4, 0.5) is 0 Å². The number of carboxylic acids is 4. The molecule has 24 heteroatoms. The molecule has 16 nitrogen and oxygen atoms in total. The average Bonchev–Trinajstić information content (AvgIpc) is 3.96. The zero-order valence-corrected chi connectivity index (χ0v) is 46.7. The predicted molar refractivity (Wildman–Crippen MR) is 241 cm³/mol. The molecule has 6 aromatic rings. The summed E-state index contributed by atoms with van der Waals surface area (Å²) >= 11 is 8.78. The van der Waals surface area contributed by atoms with Crippen LogP contribution in [0.2, 0.25) is 0 Å². The number of thioether (sulfide) groups is 4. The Morgan fingerprint density at radius 1 is 0.455 bits per heavy atom. The van der Waals surface area contributed by atoms with E-state index in [9.17, 15) is 49.2 Å². The Bertz CT molecular complexity index is 2170. The van der Waals surface area contributed by atoms with Crippen LogP contribution >= 0.6 is 69.7 Å². The van der Waals surface area contributed by atoms with E-state index in [1.807, 2.05) is 24.3 Å². The molecule has 2 amide bonds. The summed E-state index contributed by atoms with van der Waals surface area (Å²) in [7, 11) is 6.75. The second kappa shape index (κ2) is 32.2. The van der Waals surface area contributed by atoms with Crippen LogP contribution in [-0.2, 0) is 71.6 Å². The molecule has 2 aromatic heterocycles. The van der Waals surface area contributed by atoms with Crippen molar-refractivity contribution in [3.05, 3.63) is 142 Å². The molecule has 0 unspecified atom stereocenters. The number of carbonyl (C=O) groups excluding carboxylic acids is 6. The molecule has 0 N–H and O–H groups in total. The van der Waals surface area contributed by atoms with Gasteiger partial charge in [0.2, 0.25) is 12.8 Å². The summed E-state index contributed by atoms with van der Waals surface area (Å²) in [6, 6.07) is 26.5. The second-order valence-corrected chi connectivity index (χ2v) is 19.8. The first kappa shape index (κ1) is 59.5. The smallest absolute Gasteiger partial charge is 0.545 e. The SMILES string of the molecule is CN(C)C=O.CN(C)C=O.O=C([O-])c1cccc(CSc2nnc(SCc3cccc(C(=O)[O-])c3)s2)c1.O=C([O-])c1cccc(CSc2nnc(SCc3cccc(C(=O)[O-])c3)s2)c1.[Zn+2].[Zn+2]. The van der Waals surface area contributed by atoms with Gasteiger partial charge < -0.3 is 49.4 Å². The van der Waals surface area contributed by atoms with Gasteiger partial charge >= 0.3 is 39.0 Å². The maximum absolute atomic E-state index is 10.9. The van der Waals surface area contributed by atoms with Crippen molar-refractivity contribution in [2.45, 2.75) is 40.4 Å². The van der Waals surface area contributed by atoms with Crippen LogP contribution in [0, 0.1) is 0 Å². The van der Waals surface area contributed by atoms with Gasteiger partial charge in [0.1, 0.15) is 0 Å². The second-order valence-electron chi connectivity index (χ2n) is 12.9. The fourth-order valence-electron chi connectivity index (χ4n) is 4.36. The van der Waals surface area contributed by atoms with E-state index in [-0.39, 0.29) is 61.2 Å². The molecule has 0 spiro atoms. The Kier molecular flexibility index (Phi) is 29.0. The van der Waals surface area contributed by atoms with Crippen molar-refractivity contribution in [3.63, 3.8) is 0 Å². The maximum Gasteiger partial charge on any atom is 2.00 e. The van der Waals surface area contributed by atoms with E-state index < -0.39 is 23.9 Å². The summed E-state index contributed by atoms with van der Waals surface area (Å²) in [5.74, 6) is -2.47. The van der Waals surface area contributed by atoms with Crippen molar-refractivity contribution in [1.29, 1.82) is 0 Å². The number of benzene rings is 4. The number of hydrogen-bond donors (Lipinski definition) is 0. The Balaban J connectivity index is 0.000000534. The van der Waals surface area contributed by atoms with Crippen LogP contribution < -0.4 is 20.4 Å². The van der Waals surface area contributed by atoms with Crippen LogP contribution in [0.5, 0.6) is 0 Å². The number of carbonyl (C=O) groups is 6. The summed E-state index contributed by atoms with van der Waals surface area (Å²) in [6.07, 6.45) is 1.50. The standard InChI is InChI=1S/2C18H14N2O4S3.2C3H7NO.2Zn/c2*21-15(22)13-5-1-3-11(7-13)9-25-17-19-20-18(27-17)26-10-12-4-2-6-14(8-12)16(23)24;2*1-4(2)3-5;;/h2*1-8H,9-10H2,(H,21,22)(H,23,24);2*3H,1-2H3;;/q;;;;2*+2/p-4. The molecule has 0 atom stereocenters. The number of amides is 2. The third-order valence-corrected chi connectivity index (χ3v) is 14.0. The van der Waals surface area contributed by atoms with Gasteiger partial charge in [0.15, 0.2) is 17.4 Å². The third kappa shape index (κ3) is 23.3. The predicted octanol–water partition coefficient (Wildman–Crippen LogP) is 3.10. The summed E-state index contributed by atoms with van der Waals surface area (Å²) in [5.41, 5.74) is 4.08. The molecule has 0 aliphatic rings. The summed E-state index contributed by atoms with van der Waals surface area (Å²) in [5, 5.41) is 60.1. The number of rotatable bonds is 18. The molecular formula is C42H38N6O10S6Zn2. The maximum atomic E-state index is 10.9. The molecule has 0 radical (unpaired) electrons. The van der Waals surface area contributed by atoms with Crippen LogP contribution in [0.1, 0.15) is 63.7 Å². The number of aromatic carboxylic acids is 4. The van der Waals surface area contributed by atoms with E-state index in [1.54, 1.807) is 76.7 Å². The number of aromatic nitrogens is 4. The van der Waals surface area contributed by atoms with Gasteiger partial charge in [-0.05, 0) is 68.8 Å². The van der Waals surface area contributed by atoms with E-state index in [4.69, 9.17) is 0 Å². The molecule has 2 heterocycles. The normalized spacial score (nSPS) is 9.76. The molecule has 0 fully saturated rings. The monoisotopic (exact) mass is 1110 g/mol. The molecule has 0 bridgehead atoms. The molecule has 0 aliphatic heterocycles. The third-order valence-electron chi connectivity index (χ3n) is 7.30. The minimum absolute atomic E-state index is 0. The van der Waals surface area contributed by atoms with Gasteiger partial charge in [-0.25, -0.2) is 0 Å². The Morgan fingerprint density at radius 3 is 0.818 bits per heavy atom. The first-order valence-corrected chi connectivity index (χ1v) is 23.8. The average molecular weight is 1110 g/mol. The molecule has 0 aliphatic carbocycles. The molecule has 0 saturated carbocycles. The van der Waals surface area contributed by atoms with Crippen molar-refractivity contribution in [1.82, 2.24) is 30.2 Å². The zero-order valence-electron chi connectivity index (χ0n) is 35.9. The van der Waals surface area contributed by atoms with Crippen molar-refractivity contribution in [2.75, 3.05) is 28.2 Å². The minimum atomic E-state index is -1.20. The largest absolute Gasteiger partial charge is 2.00 e. The minimum Gasteiger partial charge on any atom is -0.545 e. The van der Waals surface area contributed by atoms with Gasteiger partial charge in [-0.15, -0.1) is 20.4 Å². The number of carboxylic acid groups (broad SMARTS) is 4. The molecular weight excluding hydrogens is 1070 g/mol. The van der Waals surface area contributed by atoms with E-state index >= 15 is 0 Å². The Labute approximate surface area is 431 Å². The van der Waals surface area contributed by atoms with Crippen molar-refractivity contribution in [3.8, 4) is 0 Å². The van der Waals surface area contributed by atoms with Crippen molar-refractivity contribution in [2.24, 2.45) is 0 Å². The summed E-state index contributed by atoms with van der Waals surface area (Å²) in [6.45, 7) is 0. The van der Waals surface area contributed by atoms with Gasteiger partial charge in [0.05, 0.1) is 23.9 Å². The first-order valence-electron chi connectivity index (χ1n) is 18.2. The Hall–Kier alpha value is -4.53. The number of hydrogen-bond acceptors (Lipinski definition) is 20. The van der Waals surface area contributed by atoms with Gasteiger partial charge in [0.25, 0.3) is 0 Å². The molecule has 336 valence electrons. The zero-order chi connectivity index (χ0) is 47.0. The topological polar surface area (TPSA) is 253 Å². The molecule has 66 heavy (non-hydrogen) atoms. The quantitative estimate of drug-likeness (QED) is 0.0681. The van der Waals surface area contributed by atoms with E-state index in [0.717, 1.165) is 52.4 Å². The Morgan fingerprint density at radius 2 is 0.652 bits per heavy atom.